The molecular formula is C24H27N5O4. The number of aryl methyl sites for hydroxylation is 1. The number of amides is 2. The highest BCUT2D eigenvalue weighted by Gasteiger charge is 2.56. The van der Waals surface area contributed by atoms with Crippen LogP contribution >= 0.6 is 0 Å². The number of hydrogen-bond donors (Lipinski definition) is 2. The van der Waals surface area contributed by atoms with Crippen molar-refractivity contribution in [1.82, 2.24) is 14.7 Å². The normalized spacial score (nSPS) is 34.8. The van der Waals surface area contributed by atoms with E-state index in [9.17, 15) is 24.8 Å². The number of carbonyl (C=O) groups is 3. The van der Waals surface area contributed by atoms with Gasteiger partial charge in [0.05, 0.1) is 29.8 Å². The minimum absolute atomic E-state index is 0.0180. The van der Waals surface area contributed by atoms with Crippen LogP contribution in [-0.4, -0.2) is 80.9 Å². The van der Waals surface area contributed by atoms with Crippen LogP contribution in [-0.2, 0) is 16.0 Å². The van der Waals surface area contributed by atoms with Gasteiger partial charge in [0.2, 0.25) is 11.8 Å². The number of nitrogens with zero attached hydrogens (tertiary/aromatic N) is 4. The van der Waals surface area contributed by atoms with Gasteiger partial charge in [0, 0.05) is 25.2 Å². The number of carboxylic acid groups (broad SMARTS) is 1. The third kappa shape index (κ3) is 3.08. The molecule has 9 nitrogen and oxygen atoms in total. The third-order valence-corrected chi connectivity index (χ3v) is 8.34. The van der Waals surface area contributed by atoms with Crippen molar-refractivity contribution in [2.45, 2.75) is 68.4 Å². The standard InChI is InChI=1S/C24H27N5O4/c25-9-15-6-14-7-20(14)28(15)22(30)18(26)11-27-10-16-8-21(27)23(31)29(16)19-4-2-12-5-13(24(32)33)1-3-17(12)19/h1,3,5,14-16,18-21H,2,4,6-8,10-11,26H2,(H,32,33)/t14?,15?,16-,18?,19?,20?,21?/m0/s1. The maximum Gasteiger partial charge on any atom is 0.335 e. The van der Waals surface area contributed by atoms with Crippen molar-refractivity contribution < 1.29 is 19.5 Å². The van der Waals surface area contributed by atoms with Gasteiger partial charge in [-0.2, -0.15) is 5.26 Å². The van der Waals surface area contributed by atoms with E-state index < -0.39 is 12.0 Å². The summed E-state index contributed by atoms with van der Waals surface area (Å²) in [5.41, 5.74) is 8.64. The third-order valence-electron chi connectivity index (χ3n) is 8.34. The molecule has 3 saturated heterocycles. The highest BCUT2D eigenvalue weighted by atomic mass is 16.4. The molecule has 1 aromatic carbocycles. The molecule has 6 unspecified atom stereocenters. The Balaban J connectivity index is 1.13. The van der Waals surface area contributed by atoms with Gasteiger partial charge in [0.1, 0.15) is 6.04 Å². The number of nitrogens with two attached hydrogens (primary N) is 1. The fourth-order valence-electron chi connectivity index (χ4n) is 6.73. The van der Waals surface area contributed by atoms with Crippen molar-refractivity contribution in [2.75, 3.05) is 13.1 Å². The van der Waals surface area contributed by atoms with Gasteiger partial charge in [-0.25, -0.2) is 4.79 Å². The number of carbonyl (C=O) groups excluding carboxylic acids is 2. The molecule has 2 bridgehead atoms. The molecule has 4 fully saturated rings. The predicted octanol–water partition coefficient (Wildman–Crippen LogP) is 0.497. The summed E-state index contributed by atoms with van der Waals surface area (Å²) in [7, 11) is 0. The second-order valence-electron chi connectivity index (χ2n) is 10.2. The van der Waals surface area contributed by atoms with E-state index >= 15 is 0 Å². The van der Waals surface area contributed by atoms with Crippen molar-refractivity contribution in [1.29, 1.82) is 5.26 Å². The molecule has 0 spiro atoms. The predicted molar refractivity (Wildman–Crippen MR) is 116 cm³/mol. The van der Waals surface area contributed by atoms with Crippen LogP contribution in [0, 0.1) is 17.2 Å². The second-order valence-corrected chi connectivity index (χ2v) is 10.2. The highest BCUT2D eigenvalue weighted by Crippen LogP contribution is 2.48. The number of aromatic carboxylic acids is 1. The van der Waals surface area contributed by atoms with Crippen molar-refractivity contribution in [3.8, 4) is 6.07 Å². The Morgan fingerprint density at radius 3 is 2.79 bits per heavy atom. The molecule has 2 aliphatic carbocycles. The number of hydrogen-bond acceptors (Lipinski definition) is 6. The van der Waals surface area contributed by atoms with Gasteiger partial charge in [0.25, 0.3) is 0 Å². The molecule has 6 rings (SSSR count). The zero-order valence-corrected chi connectivity index (χ0v) is 18.3. The maximum atomic E-state index is 13.3. The minimum atomic E-state index is -0.939. The molecule has 3 aliphatic heterocycles. The molecule has 1 saturated carbocycles. The van der Waals surface area contributed by atoms with Crippen molar-refractivity contribution in [3.05, 3.63) is 34.9 Å². The summed E-state index contributed by atoms with van der Waals surface area (Å²) in [5, 5.41) is 18.6. The number of likely N-dealkylation sites (tertiary alicyclic amines) is 3. The molecule has 0 radical (unpaired) electrons. The zero-order chi connectivity index (χ0) is 23.0. The average Bonchev–Trinajstić information content (AvgIpc) is 3.15. The van der Waals surface area contributed by atoms with Crippen LogP contribution in [0.3, 0.4) is 0 Å². The first-order chi connectivity index (χ1) is 15.9. The van der Waals surface area contributed by atoms with Crippen molar-refractivity contribution >= 4 is 17.8 Å². The summed E-state index contributed by atoms with van der Waals surface area (Å²) < 4.78 is 0. The highest BCUT2D eigenvalue weighted by molar-refractivity contribution is 5.89. The lowest BCUT2D eigenvalue weighted by Crippen LogP contribution is -2.57. The molecule has 7 atom stereocenters. The quantitative estimate of drug-likeness (QED) is 0.669. The minimum Gasteiger partial charge on any atom is -0.478 e. The number of carboxylic acids is 1. The first-order valence-corrected chi connectivity index (χ1v) is 11.8. The van der Waals surface area contributed by atoms with E-state index in [0.29, 0.717) is 19.0 Å². The van der Waals surface area contributed by atoms with Crippen molar-refractivity contribution in [2.24, 2.45) is 11.7 Å². The van der Waals surface area contributed by atoms with Gasteiger partial charge in [-0.1, -0.05) is 6.07 Å². The number of nitriles is 1. The lowest BCUT2D eigenvalue weighted by atomic mass is 10.0. The molecule has 2 amide bonds. The molecule has 1 aromatic rings. The molecular weight excluding hydrogens is 422 g/mol. The molecule has 3 heterocycles. The van der Waals surface area contributed by atoms with Crippen LogP contribution < -0.4 is 5.73 Å². The van der Waals surface area contributed by atoms with Gasteiger partial charge < -0.3 is 20.6 Å². The molecule has 33 heavy (non-hydrogen) atoms. The second kappa shape index (κ2) is 7.27. The summed E-state index contributed by atoms with van der Waals surface area (Å²) >= 11 is 0. The number of benzene rings is 1. The first-order valence-electron chi connectivity index (χ1n) is 11.8. The van der Waals surface area contributed by atoms with E-state index in [1.54, 1.807) is 17.0 Å². The average molecular weight is 450 g/mol. The van der Waals surface area contributed by atoms with Gasteiger partial charge in [-0.15, -0.1) is 0 Å². The van der Waals surface area contributed by atoms with E-state index in [1.165, 1.54) is 0 Å². The van der Waals surface area contributed by atoms with Gasteiger partial charge in [-0.05, 0) is 61.3 Å². The smallest absolute Gasteiger partial charge is 0.335 e. The fourth-order valence-corrected chi connectivity index (χ4v) is 6.73. The number of piperazine rings is 1. The maximum absolute atomic E-state index is 13.3. The SMILES string of the molecule is N#CC1CC2CC2N1C(=O)C(N)CN1C[C@@H]2CC1C(=O)N2C1CCc2cc(C(=O)O)ccc21. The van der Waals surface area contributed by atoms with Crippen LogP contribution in [0.2, 0.25) is 0 Å². The summed E-state index contributed by atoms with van der Waals surface area (Å²) in [6.45, 7) is 1.01. The monoisotopic (exact) mass is 449 g/mol. The van der Waals surface area contributed by atoms with E-state index in [2.05, 4.69) is 6.07 Å². The molecule has 0 aromatic heterocycles. The Kier molecular flexibility index (Phi) is 4.55. The number of fused-ring (bicyclic) bond motifs is 4. The fraction of sp³-hybridized carbons (Fsp3) is 0.583. The van der Waals surface area contributed by atoms with Gasteiger partial charge >= 0.3 is 5.97 Å². The zero-order valence-electron chi connectivity index (χ0n) is 18.3. The number of piperidine rings is 1. The Labute approximate surface area is 191 Å². The Bertz CT molecular complexity index is 1100. The van der Waals surface area contributed by atoms with Gasteiger partial charge in [-0.3, -0.25) is 14.5 Å². The lowest BCUT2D eigenvalue weighted by Gasteiger charge is -2.38. The molecule has 9 heteroatoms. The van der Waals surface area contributed by atoms with Crippen LogP contribution in [0.1, 0.15) is 53.2 Å². The topological polar surface area (TPSA) is 131 Å². The van der Waals surface area contributed by atoms with Crippen LogP contribution in [0.25, 0.3) is 0 Å². The van der Waals surface area contributed by atoms with Crippen molar-refractivity contribution in [3.63, 3.8) is 0 Å². The van der Waals surface area contributed by atoms with Gasteiger partial charge in [0.15, 0.2) is 0 Å². The Hall–Kier alpha value is -2.96. The van der Waals surface area contributed by atoms with E-state index in [4.69, 9.17) is 5.73 Å². The van der Waals surface area contributed by atoms with E-state index in [0.717, 1.165) is 43.2 Å². The summed E-state index contributed by atoms with van der Waals surface area (Å²) in [4.78, 5) is 43.3. The molecule has 172 valence electrons. The summed E-state index contributed by atoms with van der Waals surface area (Å²) in [5.74, 6) is -0.585. The molecule has 3 N–H and O–H groups in total. The van der Waals surface area contributed by atoms with E-state index in [1.807, 2.05) is 15.9 Å². The Morgan fingerprint density at radius 1 is 1.24 bits per heavy atom. The lowest BCUT2D eigenvalue weighted by molar-refractivity contribution is -0.141. The largest absolute Gasteiger partial charge is 0.478 e. The Morgan fingerprint density at radius 2 is 2.06 bits per heavy atom. The molecule has 5 aliphatic rings. The first kappa shape index (κ1) is 20.6. The summed E-state index contributed by atoms with van der Waals surface area (Å²) in [6.07, 6.45) is 4.02. The van der Waals surface area contributed by atoms with E-state index in [-0.39, 0.29) is 47.6 Å². The van der Waals surface area contributed by atoms with Crippen LogP contribution in [0.4, 0.5) is 0 Å². The number of rotatable bonds is 5. The van der Waals surface area contributed by atoms with Crippen LogP contribution in [0.15, 0.2) is 18.2 Å². The summed E-state index contributed by atoms with van der Waals surface area (Å²) in [6, 6.07) is 6.29. The van der Waals surface area contributed by atoms with Crippen LogP contribution in [0.5, 0.6) is 0 Å².